The summed E-state index contributed by atoms with van der Waals surface area (Å²) >= 11 is 0. The van der Waals surface area contributed by atoms with Crippen molar-refractivity contribution in [2.45, 2.75) is 19.3 Å². The van der Waals surface area contributed by atoms with Gasteiger partial charge in [-0.1, -0.05) is 0 Å². The van der Waals surface area contributed by atoms with Crippen LogP contribution in [0.1, 0.15) is 19.3 Å². The Balaban J connectivity index is 3.91. The quantitative estimate of drug-likeness (QED) is 0.572. The molecular formula is C11H22N2O4. The molecule has 6 heteroatoms. The molecule has 0 unspecified atom stereocenters. The topological polar surface area (TPSA) is 81.1 Å². The van der Waals surface area contributed by atoms with Gasteiger partial charge in [-0.15, -0.1) is 0 Å². The van der Waals surface area contributed by atoms with E-state index in [1.54, 1.807) is 0 Å². The van der Waals surface area contributed by atoms with Crippen molar-refractivity contribution in [2.24, 2.45) is 0 Å². The first kappa shape index (κ1) is 15.9. The van der Waals surface area contributed by atoms with E-state index < -0.39 is 11.9 Å². The molecule has 0 saturated carbocycles. The van der Waals surface area contributed by atoms with Crippen LogP contribution in [-0.2, 0) is 9.59 Å². The Kier molecular flexibility index (Phi) is 8.35. The fourth-order valence-electron chi connectivity index (χ4n) is 1.45. The van der Waals surface area contributed by atoms with Crippen LogP contribution in [0.15, 0.2) is 0 Å². The molecule has 6 nitrogen and oxygen atoms in total. The van der Waals surface area contributed by atoms with Crippen molar-refractivity contribution in [1.82, 2.24) is 9.80 Å². The standard InChI is InChI=1S/C11H22N2O4/c1-12(2)6-3-7-13(8-4-10(14)15)9-5-11(16)17/h3-9H2,1-2H3,(H,14,15)(H,16,17). The Hall–Kier alpha value is -1.14. The lowest BCUT2D eigenvalue weighted by atomic mass is 10.3. The highest BCUT2D eigenvalue weighted by Crippen LogP contribution is 1.98. The van der Waals surface area contributed by atoms with Crippen LogP contribution in [0.5, 0.6) is 0 Å². The van der Waals surface area contributed by atoms with E-state index in [4.69, 9.17) is 10.2 Å². The summed E-state index contributed by atoms with van der Waals surface area (Å²) in [6, 6.07) is 0. The summed E-state index contributed by atoms with van der Waals surface area (Å²) in [6.07, 6.45) is 1.02. The lowest BCUT2D eigenvalue weighted by molar-refractivity contribution is -0.137. The average Bonchev–Trinajstić information content (AvgIpc) is 2.20. The highest BCUT2D eigenvalue weighted by molar-refractivity contribution is 5.67. The van der Waals surface area contributed by atoms with Crippen LogP contribution < -0.4 is 0 Å². The molecule has 0 aliphatic heterocycles. The molecule has 0 spiro atoms. The maximum absolute atomic E-state index is 10.5. The summed E-state index contributed by atoms with van der Waals surface area (Å²) in [7, 11) is 3.94. The van der Waals surface area contributed by atoms with Crippen molar-refractivity contribution >= 4 is 11.9 Å². The minimum atomic E-state index is -0.849. The van der Waals surface area contributed by atoms with Crippen LogP contribution in [0, 0.1) is 0 Å². The number of carboxylic acids is 2. The second kappa shape index (κ2) is 8.95. The van der Waals surface area contributed by atoms with Gasteiger partial charge in [0.1, 0.15) is 0 Å². The van der Waals surface area contributed by atoms with Crippen LogP contribution in [-0.4, -0.2) is 72.2 Å². The molecule has 0 radical (unpaired) electrons. The SMILES string of the molecule is CN(C)CCCN(CCC(=O)O)CCC(=O)O. The fraction of sp³-hybridized carbons (Fsp3) is 0.818. The van der Waals surface area contributed by atoms with E-state index in [1.165, 1.54) is 0 Å². The van der Waals surface area contributed by atoms with Gasteiger partial charge in [-0.2, -0.15) is 0 Å². The zero-order valence-electron chi connectivity index (χ0n) is 10.6. The number of hydrogen-bond acceptors (Lipinski definition) is 4. The minimum Gasteiger partial charge on any atom is -0.481 e. The first-order valence-corrected chi connectivity index (χ1v) is 5.72. The Morgan fingerprint density at radius 3 is 1.71 bits per heavy atom. The molecule has 0 aliphatic rings. The molecule has 0 bridgehead atoms. The molecule has 0 rings (SSSR count). The average molecular weight is 246 g/mol. The number of nitrogens with zero attached hydrogens (tertiary/aromatic N) is 2. The zero-order valence-corrected chi connectivity index (χ0v) is 10.6. The second-order valence-electron chi connectivity index (χ2n) is 4.29. The van der Waals surface area contributed by atoms with E-state index in [0.717, 1.165) is 19.5 Å². The molecule has 0 aliphatic carbocycles. The molecule has 2 N–H and O–H groups in total. The van der Waals surface area contributed by atoms with Gasteiger partial charge in [0.15, 0.2) is 0 Å². The first-order valence-electron chi connectivity index (χ1n) is 5.72. The highest BCUT2D eigenvalue weighted by atomic mass is 16.4. The normalized spacial score (nSPS) is 11.1. The van der Waals surface area contributed by atoms with Gasteiger partial charge < -0.3 is 20.0 Å². The van der Waals surface area contributed by atoms with Crippen molar-refractivity contribution in [3.8, 4) is 0 Å². The number of carboxylic acid groups (broad SMARTS) is 2. The Bertz CT molecular complexity index is 226. The number of carbonyl (C=O) groups is 2. The van der Waals surface area contributed by atoms with Crippen LogP contribution in [0.2, 0.25) is 0 Å². The van der Waals surface area contributed by atoms with Gasteiger partial charge in [0.05, 0.1) is 12.8 Å². The lowest BCUT2D eigenvalue weighted by Gasteiger charge is -2.21. The first-order chi connectivity index (χ1) is 7.91. The smallest absolute Gasteiger partial charge is 0.304 e. The molecule has 0 saturated heterocycles. The van der Waals surface area contributed by atoms with E-state index in [1.807, 2.05) is 23.9 Å². The zero-order chi connectivity index (χ0) is 13.3. The van der Waals surface area contributed by atoms with Gasteiger partial charge in [0.25, 0.3) is 0 Å². The summed E-state index contributed by atoms with van der Waals surface area (Å²) in [4.78, 5) is 24.9. The summed E-state index contributed by atoms with van der Waals surface area (Å²) in [5.74, 6) is -1.70. The van der Waals surface area contributed by atoms with Crippen LogP contribution in [0.3, 0.4) is 0 Å². The molecule has 0 atom stereocenters. The Labute approximate surface area is 102 Å². The summed E-state index contributed by atoms with van der Waals surface area (Å²) in [6.45, 7) is 2.47. The van der Waals surface area contributed by atoms with Gasteiger partial charge in [-0.05, 0) is 33.6 Å². The van der Waals surface area contributed by atoms with Crippen LogP contribution in [0.4, 0.5) is 0 Å². The van der Waals surface area contributed by atoms with E-state index in [0.29, 0.717) is 13.1 Å². The minimum absolute atomic E-state index is 0.0571. The maximum atomic E-state index is 10.5. The summed E-state index contributed by atoms with van der Waals surface area (Å²) in [5.41, 5.74) is 0. The van der Waals surface area contributed by atoms with Crippen molar-refractivity contribution in [2.75, 3.05) is 40.3 Å². The molecule has 0 aromatic heterocycles. The van der Waals surface area contributed by atoms with Crippen molar-refractivity contribution in [3.63, 3.8) is 0 Å². The third kappa shape index (κ3) is 11.1. The third-order valence-electron chi connectivity index (χ3n) is 2.36. The van der Waals surface area contributed by atoms with Crippen LogP contribution in [0.25, 0.3) is 0 Å². The second-order valence-corrected chi connectivity index (χ2v) is 4.29. The number of hydrogen-bond donors (Lipinski definition) is 2. The van der Waals surface area contributed by atoms with Gasteiger partial charge in [0, 0.05) is 13.1 Å². The van der Waals surface area contributed by atoms with Gasteiger partial charge in [0.2, 0.25) is 0 Å². The monoisotopic (exact) mass is 246 g/mol. The van der Waals surface area contributed by atoms with Gasteiger partial charge in [-0.25, -0.2) is 0 Å². The fourth-order valence-corrected chi connectivity index (χ4v) is 1.45. The highest BCUT2D eigenvalue weighted by Gasteiger charge is 2.09. The summed E-state index contributed by atoms with van der Waals surface area (Å²) < 4.78 is 0. The van der Waals surface area contributed by atoms with Gasteiger partial charge in [-0.3, -0.25) is 9.59 Å². The number of aliphatic carboxylic acids is 2. The molecule has 100 valence electrons. The molecule has 0 heterocycles. The molecule has 0 amide bonds. The van der Waals surface area contributed by atoms with E-state index in [9.17, 15) is 9.59 Å². The largest absolute Gasteiger partial charge is 0.481 e. The summed E-state index contributed by atoms with van der Waals surface area (Å²) in [5, 5.41) is 17.2. The Morgan fingerprint density at radius 1 is 0.882 bits per heavy atom. The Morgan fingerprint density at radius 2 is 1.35 bits per heavy atom. The number of rotatable bonds is 10. The molecule has 0 aromatic rings. The maximum Gasteiger partial charge on any atom is 0.304 e. The van der Waals surface area contributed by atoms with E-state index in [-0.39, 0.29) is 12.8 Å². The lowest BCUT2D eigenvalue weighted by Crippen LogP contribution is -2.31. The van der Waals surface area contributed by atoms with Crippen LogP contribution >= 0.6 is 0 Å². The van der Waals surface area contributed by atoms with Crippen molar-refractivity contribution in [1.29, 1.82) is 0 Å². The van der Waals surface area contributed by atoms with Gasteiger partial charge >= 0.3 is 11.9 Å². The molecular weight excluding hydrogens is 224 g/mol. The molecule has 17 heavy (non-hydrogen) atoms. The van der Waals surface area contributed by atoms with Crippen molar-refractivity contribution in [3.05, 3.63) is 0 Å². The molecule has 0 fully saturated rings. The van der Waals surface area contributed by atoms with Crippen molar-refractivity contribution < 1.29 is 19.8 Å². The molecule has 0 aromatic carbocycles. The predicted octanol–water partition coefficient (Wildman–Crippen LogP) is 0.190. The van der Waals surface area contributed by atoms with E-state index >= 15 is 0 Å². The third-order valence-corrected chi connectivity index (χ3v) is 2.36. The van der Waals surface area contributed by atoms with E-state index in [2.05, 4.69) is 0 Å². The predicted molar refractivity (Wildman–Crippen MR) is 64.1 cm³/mol.